The monoisotopic (exact) mass is 556 g/mol. The number of aliphatic hydroxyl groups is 1. The number of carbonyl (C=O) groups excluding carboxylic acids is 1. The molecule has 1 saturated heterocycles. The van der Waals surface area contributed by atoms with E-state index in [-0.39, 0.29) is 16.7 Å². The van der Waals surface area contributed by atoms with Crippen LogP contribution in [0.3, 0.4) is 0 Å². The van der Waals surface area contributed by atoms with Gasteiger partial charge in [0.15, 0.2) is 22.9 Å². The molecular formula is C25H48N4O6Si2. The molecular weight excluding hydrogens is 508 g/mol. The lowest BCUT2D eigenvalue weighted by Gasteiger charge is -2.43. The Balaban J connectivity index is 2.64. The number of primary amides is 1. The smallest absolute Gasteiger partial charge is 0.351 e. The zero-order chi connectivity index (χ0) is 28.8. The molecule has 2 heterocycles. The van der Waals surface area contributed by atoms with Gasteiger partial charge in [-0.3, -0.25) is 9.36 Å². The number of aromatic nitrogens is 2. The molecule has 0 unspecified atom stereocenters. The number of nitrogens with zero attached hydrogens (tertiary/aromatic N) is 3. The van der Waals surface area contributed by atoms with Crippen LogP contribution in [-0.2, 0) is 18.4 Å². The lowest BCUT2D eigenvalue weighted by molar-refractivity contribution is -0.133. The maximum Gasteiger partial charge on any atom is 0.351 e. The number of hydrogen-bond donors (Lipinski definition) is 2. The third-order valence-electron chi connectivity index (χ3n) is 8.25. The van der Waals surface area contributed by atoms with Crippen LogP contribution in [0.15, 0.2) is 17.1 Å². The Bertz CT molecular complexity index is 1030. The number of ether oxygens (including phenoxy) is 1. The number of anilines is 1. The average Bonchev–Trinajstić information content (AvgIpc) is 2.95. The van der Waals surface area contributed by atoms with Gasteiger partial charge in [-0.2, -0.15) is 4.98 Å². The number of nitrogens with two attached hydrogens (primary N) is 1. The van der Waals surface area contributed by atoms with E-state index in [4.69, 9.17) is 19.3 Å². The van der Waals surface area contributed by atoms with Crippen LogP contribution in [0, 0.1) is 0 Å². The highest BCUT2D eigenvalue weighted by molar-refractivity contribution is 6.74. The fraction of sp³-hybridized carbons (Fsp3) is 0.800. The molecule has 0 spiro atoms. The zero-order valence-electron chi connectivity index (χ0n) is 24.7. The van der Waals surface area contributed by atoms with Crippen LogP contribution >= 0.6 is 0 Å². The van der Waals surface area contributed by atoms with Crippen molar-refractivity contribution < 1.29 is 23.5 Å². The second-order valence-electron chi connectivity index (χ2n) is 13.4. The minimum atomic E-state index is -2.52. The summed E-state index contributed by atoms with van der Waals surface area (Å²) >= 11 is 0. The number of rotatable bonds is 9. The van der Waals surface area contributed by atoms with Crippen molar-refractivity contribution in [2.75, 3.05) is 25.6 Å². The third-order valence-corrected chi connectivity index (χ3v) is 17.2. The quantitative estimate of drug-likeness (QED) is 0.444. The first-order chi connectivity index (χ1) is 16.5. The molecule has 0 radical (unpaired) electrons. The summed E-state index contributed by atoms with van der Waals surface area (Å²) in [5, 5.41) is 11.9. The fourth-order valence-electron chi connectivity index (χ4n) is 3.68. The van der Waals surface area contributed by atoms with Crippen LogP contribution in [0.25, 0.3) is 0 Å². The predicted octanol–water partition coefficient (Wildman–Crippen LogP) is 3.23. The molecule has 37 heavy (non-hydrogen) atoms. The first kappa shape index (κ1) is 31.6. The van der Waals surface area contributed by atoms with Crippen LogP contribution in [0.4, 0.5) is 5.82 Å². The van der Waals surface area contributed by atoms with Gasteiger partial charge < -0.3 is 29.3 Å². The second kappa shape index (κ2) is 10.5. The minimum absolute atomic E-state index is 0.0338. The van der Waals surface area contributed by atoms with Crippen molar-refractivity contribution in [1.29, 1.82) is 0 Å². The van der Waals surface area contributed by atoms with Gasteiger partial charge in [-0.25, -0.2) is 4.79 Å². The molecule has 0 aliphatic carbocycles. The summed E-state index contributed by atoms with van der Waals surface area (Å²) in [5.74, 6) is -0.201. The molecule has 212 valence electrons. The Morgan fingerprint density at radius 3 is 2.14 bits per heavy atom. The van der Waals surface area contributed by atoms with Crippen LogP contribution in [0.1, 0.15) is 54.2 Å². The van der Waals surface area contributed by atoms with E-state index in [9.17, 15) is 14.7 Å². The molecule has 1 fully saturated rings. The zero-order valence-corrected chi connectivity index (χ0v) is 26.7. The van der Waals surface area contributed by atoms with E-state index >= 15 is 0 Å². The van der Waals surface area contributed by atoms with Gasteiger partial charge in [0, 0.05) is 20.3 Å². The first-order valence-electron chi connectivity index (χ1n) is 12.8. The van der Waals surface area contributed by atoms with Crippen LogP contribution in [-0.4, -0.2) is 75.7 Å². The summed E-state index contributed by atoms with van der Waals surface area (Å²) in [5.41, 5.74) is 3.27. The highest BCUT2D eigenvalue weighted by Crippen LogP contribution is 2.47. The molecule has 0 bridgehead atoms. The maximum absolute atomic E-state index is 13.1. The van der Waals surface area contributed by atoms with Crippen molar-refractivity contribution in [2.45, 2.75) is 108 Å². The van der Waals surface area contributed by atoms with Crippen molar-refractivity contribution in [1.82, 2.24) is 9.55 Å². The van der Waals surface area contributed by atoms with E-state index in [0.29, 0.717) is 5.82 Å². The largest absolute Gasteiger partial charge is 0.414 e. The molecule has 0 aromatic carbocycles. The Kier molecular flexibility index (Phi) is 9.01. The molecule has 0 saturated carbocycles. The van der Waals surface area contributed by atoms with Crippen molar-refractivity contribution in [3.05, 3.63) is 22.7 Å². The van der Waals surface area contributed by atoms with Gasteiger partial charge in [-0.05, 0) is 42.3 Å². The number of hydrogen-bond acceptors (Lipinski definition) is 8. The summed E-state index contributed by atoms with van der Waals surface area (Å²) in [7, 11) is -1.16. The summed E-state index contributed by atoms with van der Waals surface area (Å²) in [4.78, 5) is 31.3. The van der Waals surface area contributed by atoms with E-state index in [1.54, 1.807) is 31.3 Å². The third kappa shape index (κ3) is 6.71. The van der Waals surface area contributed by atoms with Gasteiger partial charge in [-0.1, -0.05) is 41.5 Å². The number of amides is 1. The average molecular weight is 557 g/mol. The standard InChI is InChI=1S/C25H48N4O6Si2/c1-23(2,3)36(9,10)33-16-17-25(32,15-18(26)30)20(35-37(11,12)24(4,5)6)21(34-17)29-14-13-19(28(7)8)27-22(29)31/h13-14,17,20-21,32H,15-16H2,1-12H3,(H2,26,30)/t17-,20+,21-,25-/m1/s1. The first-order valence-corrected chi connectivity index (χ1v) is 18.6. The molecule has 1 aromatic rings. The van der Waals surface area contributed by atoms with Crippen molar-refractivity contribution >= 4 is 28.4 Å². The van der Waals surface area contributed by atoms with Gasteiger partial charge >= 0.3 is 5.69 Å². The van der Waals surface area contributed by atoms with E-state index < -0.39 is 58.7 Å². The van der Waals surface area contributed by atoms with Gasteiger partial charge in [-0.15, -0.1) is 0 Å². The predicted molar refractivity (Wildman–Crippen MR) is 151 cm³/mol. The molecule has 10 nitrogen and oxygen atoms in total. The Labute approximate surface area is 223 Å². The van der Waals surface area contributed by atoms with Crippen LogP contribution < -0.4 is 16.3 Å². The molecule has 1 amide bonds. The van der Waals surface area contributed by atoms with E-state index in [1.807, 2.05) is 13.1 Å². The highest BCUT2D eigenvalue weighted by atomic mass is 28.4. The molecule has 4 atom stereocenters. The van der Waals surface area contributed by atoms with Crippen molar-refractivity contribution in [3.8, 4) is 0 Å². The molecule has 12 heteroatoms. The molecule has 1 aliphatic rings. The van der Waals surface area contributed by atoms with E-state index in [1.165, 1.54) is 4.57 Å². The fourth-order valence-corrected chi connectivity index (χ4v) is 5.99. The van der Waals surface area contributed by atoms with E-state index in [2.05, 4.69) is 59.6 Å². The Morgan fingerprint density at radius 1 is 1.16 bits per heavy atom. The second-order valence-corrected chi connectivity index (χ2v) is 23.0. The van der Waals surface area contributed by atoms with E-state index in [0.717, 1.165) is 0 Å². The maximum atomic E-state index is 13.1. The SMILES string of the molecule is CN(C)c1ccn([C@@H]2O[C@H](CO[Si](C)(C)C(C)(C)C)[C@](O)(CC(N)=O)[C@H]2O[Si](C)(C)C(C)(C)C)c(=O)n1. The molecule has 1 aliphatic heterocycles. The lowest BCUT2D eigenvalue weighted by Crippen LogP contribution is -2.58. The lowest BCUT2D eigenvalue weighted by atomic mass is 9.88. The topological polar surface area (TPSA) is 129 Å². The van der Waals surface area contributed by atoms with Crippen LogP contribution in [0.2, 0.25) is 36.3 Å². The number of carbonyl (C=O) groups is 1. The van der Waals surface area contributed by atoms with Crippen molar-refractivity contribution in [3.63, 3.8) is 0 Å². The van der Waals surface area contributed by atoms with Crippen molar-refractivity contribution in [2.24, 2.45) is 5.73 Å². The van der Waals surface area contributed by atoms with Gasteiger partial charge in [0.1, 0.15) is 23.6 Å². The van der Waals surface area contributed by atoms with Gasteiger partial charge in [0.05, 0.1) is 13.0 Å². The van der Waals surface area contributed by atoms with Gasteiger partial charge in [0.2, 0.25) is 5.91 Å². The molecule has 3 N–H and O–H groups in total. The summed E-state index contributed by atoms with van der Waals surface area (Å²) in [6.45, 7) is 20.9. The normalized spacial score (nSPS) is 25.4. The molecule has 1 aromatic heterocycles. The Morgan fingerprint density at radius 2 is 1.70 bits per heavy atom. The highest BCUT2D eigenvalue weighted by Gasteiger charge is 2.60. The summed E-state index contributed by atoms with van der Waals surface area (Å²) in [6.07, 6.45) is -1.83. The minimum Gasteiger partial charge on any atom is -0.414 e. The van der Waals surface area contributed by atoms with Crippen LogP contribution in [0.5, 0.6) is 0 Å². The summed E-state index contributed by atoms with van der Waals surface area (Å²) < 4.78 is 20.8. The Hall–Kier alpha value is -1.58. The van der Waals surface area contributed by atoms with Gasteiger partial charge in [0.25, 0.3) is 0 Å². The molecule has 2 rings (SSSR count). The summed E-state index contributed by atoms with van der Waals surface area (Å²) in [6, 6.07) is 1.70.